The van der Waals surface area contributed by atoms with Gasteiger partial charge in [-0.2, -0.15) is 0 Å². The van der Waals surface area contributed by atoms with Gasteiger partial charge in [-0.1, -0.05) is 13.8 Å². The molecule has 0 heterocycles. The maximum absolute atomic E-state index is 11.6. The summed E-state index contributed by atoms with van der Waals surface area (Å²) in [4.78, 5) is 11.6. The Hall–Kier alpha value is -0.680. The van der Waals surface area contributed by atoms with Gasteiger partial charge < -0.3 is 11.1 Å². The van der Waals surface area contributed by atoms with E-state index in [-0.39, 0.29) is 5.91 Å². The van der Waals surface area contributed by atoms with E-state index in [0.29, 0.717) is 16.7 Å². The van der Waals surface area contributed by atoms with Crippen molar-refractivity contribution in [3.63, 3.8) is 0 Å². The smallest absolute Gasteiger partial charge is 0.234 e. The molecule has 0 fully saturated rings. The van der Waals surface area contributed by atoms with E-state index in [4.69, 9.17) is 5.73 Å². The molecule has 0 spiro atoms. The van der Waals surface area contributed by atoms with Crippen LogP contribution in [-0.4, -0.2) is 16.9 Å². The number of carbonyl (C=O) groups is 1. The van der Waals surface area contributed by atoms with Crippen molar-refractivity contribution in [1.82, 2.24) is 0 Å². The maximum Gasteiger partial charge on any atom is 0.234 e. The number of carbonyl (C=O) groups excluding carboxylic acids is 1. The predicted molar refractivity (Wildman–Crippen MR) is 74.8 cm³/mol. The van der Waals surface area contributed by atoms with Crippen LogP contribution in [0.4, 0.5) is 11.4 Å². The summed E-state index contributed by atoms with van der Waals surface area (Å²) < 4.78 is 0.801. The van der Waals surface area contributed by atoms with Gasteiger partial charge in [-0.25, -0.2) is 0 Å². The molecule has 1 aromatic carbocycles. The Morgan fingerprint density at radius 2 is 2.25 bits per heavy atom. The van der Waals surface area contributed by atoms with Crippen molar-refractivity contribution in [1.29, 1.82) is 0 Å². The van der Waals surface area contributed by atoms with E-state index >= 15 is 0 Å². The number of thioether (sulfide) groups is 1. The largest absolute Gasteiger partial charge is 0.399 e. The Balaban J connectivity index is 2.56. The Bertz CT molecular complexity index is 382. The van der Waals surface area contributed by atoms with E-state index in [1.54, 1.807) is 30.0 Å². The molecule has 5 heteroatoms. The van der Waals surface area contributed by atoms with Crippen LogP contribution in [0.25, 0.3) is 0 Å². The second kappa shape index (κ2) is 6.15. The molecular weight excluding hydrogens is 288 g/mol. The molecule has 1 aromatic rings. The SMILES string of the molecule is CC(C)SCC(=O)Nc1ccc(N)cc1Br. The van der Waals surface area contributed by atoms with Gasteiger partial charge in [-0.15, -0.1) is 11.8 Å². The first-order chi connectivity index (χ1) is 7.49. The molecule has 1 rings (SSSR count). The number of halogens is 1. The highest BCUT2D eigenvalue weighted by atomic mass is 79.9. The van der Waals surface area contributed by atoms with Crippen LogP contribution in [0.1, 0.15) is 13.8 Å². The summed E-state index contributed by atoms with van der Waals surface area (Å²) in [5.74, 6) is 0.471. The molecule has 0 bridgehead atoms. The summed E-state index contributed by atoms with van der Waals surface area (Å²) in [6.07, 6.45) is 0. The molecule has 0 atom stereocenters. The van der Waals surface area contributed by atoms with Crippen molar-refractivity contribution in [2.24, 2.45) is 0 Å². The first kappa shape index (κ1) is 13.4. The summed E-state index contributed by atoms with van der Waals surface area (Å²) >= 11 is 4.97. The van der Waals surface area contributed by atoms with E-state index in [1.807, 2.05) is 0 Å². The van der Waals surface area contributed by atoms with Crippen LogP contribution in [0.3, 0.4) is 0 Å². The number of amides is 1. The van der Waals surface area contributed by atoms with Crippen molar-refractivity contribution in [2.75, 3.05) is 16.8 Å². The molecule has 0 aliphatic heterocycles. The van der Waals surface area contributed by atoms with Crippen molar-refractivity contribution in [2.45, 2.75) is 19.1 Å². The summed E-state index contributed by atoms with van der Waals surface area (Å²) in [7, 11) is 0. The number of nitrogen functional groups attached to an aromatic ring is 1. The second-order valence-electron chi connectivity index (χ2n) is 3.65. The van der Waals surface area contributed by atoms with Crippen LogP contribution in [-0.2, 0) is 4.79 Å². The number of hydrogen-bond donors (Lipinski definition) is 2. The standard InChI is InChI=1S/C11H15BrN2OS/c1-7(2)16-6-11(15)14-10-4-3-8(13)5-9(10)12/h3-5,7H,6,13H2,1-2H3,(H,14,15). The molecule has 0 saturated heterocycles. The molecule has 0 saturated carbocycles. The number of nitrogens with one attached hydrogen (secondary N) is 1. The first-order valence-electron chi connectivity index (χ1n) is 4.95. The zero-order valence-electron chi connectivity index (χ0n) is 9.29. The number of anilines is 2. The molecule has 88 valence electrons. The maximum atomic E-state index is 11.6. The molecule has 0 aliphatic rings. The Morgan fingerprint density at radius 3 is 2.81 bits per heavy atom. The molecule has 0 aliphatic carbocycles. The van der Waals surface area contributed by atoms with E-state index in [1.165, 1.54) is 0 Å². The number of hydrogen-bond acceptors (Lipinski definition) is 3. The fourth-order valence-corrected chi connectivity index (χ4v) is 2.11. The average molecular weight is 303 g/mol. The predicted octanol–water partition coefficient (Wildman–Crippen LogP) is 3.11. The van der Waals surface area contributed by atoms with Crippen LogP contribution in [0.2, 0.25) is 0 Å². The van der Waals surface area contributed by atoms with Gasteiger partial charge in [0, 0.05) is 10.2 Å². The second-order valence-corrected chi connectivity index (χ2v) is 6.07. The monoisotopic (exact) mass is 302 g/mol. The van der Waals surface area contributed by atoms with E-state index in [2.05, 4.69) is 35.1 Å². The quantitative estimate of drug-likeness (QED) is 0.840. The van der Waals surface area contributed by atoms with Gasteiger partial charge in [-0.05, 0) is 39.4 Å². The highest BCUT2D eigenvalue weighted by Gasteiger charge is 2.06. The van der Waals surface area contributed by atoms with Gasteiger partial charge in [0.25, 0.3) is 0 Å². The van der Waals surface area contributed by atoms with Crippen LogP contribution in [0.15, 0.2) is 22.7 Å². The van der Waals surface area contributed by atoms with Crippen molar-refractivity contribution in [3.05, 3.63) is 22.7 Å². The highest BCUT2D eigenvalue weighted by Crippen LogP contribution is 2.24. The highest BCUT2D eigenvalue weighted by molar-refractivity contribution is 9.10. The molecule has 1 amide bonds. The van der Waals surface area contributed by atoms with Crippen molar-refractivity contribution < 1.29 is 4.79 Å². The number of benzene rings is 1. The lowest BCUT2D eigenvalue weighted by molar-refractivity contribution is -0.113. The molecule has 3 N–H and O–H groups in total. The third kappa shape index (κ3) is 4.45. The minimum Gasteiger partial charge on any atom is -0.399 e. The van der Waals surface area contributed by atoms with Crippen LogP contribution >= 0.6 is 27.7 Å². The van der Waals surface area contributed by atoms with Gasteiger partial charge in [0.15, 0.2) is 0 Å². The Morgan fingerprint density at radius 1 is 1.56 bits per heavy atom. The lowest BCUT2D eigenvalue weighted by Crippen LogP contribution is -2.15. The van der Waals surface area contributed by atoms with Gasteiger partial charge >= 0.3 is 0 Å². The minimum atomic E-state index is 0.00386. The zero-order chi connectivity index (χ0) is 12.1. The third-order valence-electron chi connectivity index (χ3n) is 1.81. The summed E-state index contributed by atoms with van der Waals surface area (Å²) in [6, 6.07) is 5.32. The minimum absolute atomic E-state index is 0.00386. The summed E-state index contributed by atoms with van der Waals surface area (Å²) in [5.41, 5.74) is 7.03. The van der Waals surface area contributed by atoms with Gasteiger partial charge in [0.2, 0.25) is 5.91 Å². The van der Waals surface area contributed by atoms with Crippen LogP contribution < -0.4 is 11.1 Å². The van der Waals surface area contributed by atoms with E-state index in [9.17, 15) is 4.79 Å². The van der Waals surface area contributed by atoms with Gasteiger partial charge in [-0.3, -0.25) is 4.79 Å². The Labute approximate surface area is 108 Å². The van der Waals surface area contributed by atoms with E-state index in [0.717, 1.165) is 10.2 Å². The molecule has 0 aromatic heterocycles. The fraction of sp³-hybridized carbons (Fsp3) is 0.364. The normalized spacial score (nSPS) is 10.5. The molecule has 0 radical (unpaired) electrons. The van der Waals surface area contributed by atoms with Crippen molar-refractivity contribution >= 4 is 45.0 Å². The molecule has 0 unspecified atom stereocenters. The van der Waals surface area contributed by atoms with Gasteiger partial charge in [0.1, 0.15) is 0 Å². The summed E-state index contributed by atoms with van der Waals surface area (Å²) in [5, 5.41) is 3.29. The fourth-order valence-electron chi connectivity index (χ4n) is 1.06. The van der Waals surface area contributed by atoms with E-state index < -0.39 is 0 Å². The van der Waals surface area contributed by atoms with Crippen LogP contribution in [0, 0.1) is 0 Å². The topological polar surface area (TPSA) is 55.1 Å². The zero-order valence-corrected chi connectivity index (χ0v) is 11.7. The lowest BCUT2D eigenvalue weighted by atomic mass is 10.3. The Kier molecular flexibility index (Phi) is 5.15. The molecule has 16 heavy (non-hydrogen) atoms. The number of nitrogens with two attached hydrogens (primary N) is 1. The third-order valence-corrected chi connectivity index (χ3v) is 3.57. The molecular formula is C11H15BrN2OS. The van der Waals surface area contributed by atoms with Crippen LogP contribution in [0.5, 0.6) is 0 Å². The lowest BCUT2D eigenvalue weighted by Gasteiger charge is -2.08. The van der Waals surface area contributed by atoms with Gasteiger partial charge in [0.05, 0.1) is 11.4 Å². The summed E-state index contributed by atoms with van der Waals surface area (Å²) in [6.45, 7) is 4.13. The molecule has 3 nitrogen and oxygen atoms in total. The number of rotatable bonds is 4. The van der Waals surface area contributed by atoms with Crippen molar-refractivity contribution in [3.8, 4) is 0 Å². The first-order valence-corrected chi connectivity index (χ1v) is 6.79. The average Bonchev–Trinajstić information content (AvgIpc) is 2.19.